The Labute approximate surface area is 192 Å². The van der Waals surface area contributed by atoms with Crippen molar-refractivity contribution in [1.82, 2.24) is 15.5 Å². The van der Waals surface area contributed by atoms with E-state index >= 15 is 0 Å². The van der Waals surface area contributed by atoms with E-state index < -0.39 is 11.6 Å². The molecule has 5 rings (SSSR count). The van der Waals surface area contributed by atoms with Gasteiger partial charge in [-0.2, -0.15) is 0 Å². The predicted molar refractivity (Wildman–Crippen MR) is 125 cm³/mol. The number of hydrogen-bond acceptors (Lipinski definition) is 3. The molecule has 1 fully saturated rings. The molecule has 1 spiro atoms. The van der Waals surface area contributed by atoms with E-state index in [1.165, 1.54) is 0 Å². The molecule has 6 nitrogen and oxygen atoms in total. The Morgan fingerprint density at radius 3 is 2.39 bits per heavy atom. The highest BCUT2D eigenvalue weighted by atomic mass is 16.2. The van der Waals surface area contributed by atoms with Crippen molar-refractivity contribution in [3.63, 3.8) is 0 Å². The number of urea groups is 1. The summed E-state index contributed by atoms with van der Waals surface area (Å²) >= 11 is 0. The number of aryl methyl sites for hydroxylation is 1. The third-order valence-electron chi connectivity index (χ3n) is 6.62. The SMILES string of the molecule is C[C@@H](NC(=O)CN1C(=O)N[C@]2(CCc3ccccc32)C1=O)c1ccc(-c2ccccc2)cc1. The Balaban J connectivity index is 1.25. The minimum Gasteiger partial charge on any atom is -0.348 e. The smallest absolute Gasteiger partial charge is 0.325 e. The van der Waals surface area contributed by atoms with Crippen LogP contribution in [0, 0.1) is 0 Å². The van der Waals surface area contributed by atoms with Crippen molar-refractivity contribution in [2.24, 2.45) is 0 Å². The van der Waals surface area contributed by atoms with E-state index in [0.717, 1.165) is 39.1 Å². The molecular formula is C27H25N3O3. The van der Waals surface area contributed by atoms with E-state index in [4.69, 9.17) is 0 Å². The summed E-state index contributed by atoms with van der Waals surface area (Å²) in [6.45, 7) is 1.58. The van der Waals surface area contributed by atoms with Gasteiger partial charge in [0.2, 0.25) is 5.91 Å². The van der Waals surface area contributed by atoms with Crippen LogP contribution in [0.3, 0.4) is 0 Å². The number of benzene rings is 3. The monoisotopic (exact) mass is 439 g/mol. The van der Waals surface area contributed by atoms with E-state index in [9.17, 15) is 14.4 Å². The highest BCUT2D eigenvalue weighted by Crippen LogP contribution is 2.41. The Hall–Kier alpha value is -3.93. The minimum atomic E-state index is -1.05. The average molecular weight is 440 g/mol. The Kier molecular flexibility index (Phi) is 5.21. The maximum atomic E-state index is 13.2. The van der Waals surface area contributed by atoms with Gasteiger partial charge in [0.1, 0.15) is 12.1 Å². The van der Waals surface area contributed by atoms with Gasteiger partial charge in [-0.05, 0) is 47.6 Å². The quantitative estimate of drug-likeness (QED) is 0.592. The zero-order valence-corrected chi connectivity index (χ0v) is 18.4. The summed E-state index contributed by atoms with van der Waals surface area (Å²) in [4.78, 5) is 39.6. The van der Waals surface area contributed by atoms with E-state index in [1.54, 1.807) is 0 Å². The Bertz CT molecular complexity index is 1220. The molecule has 0 radical (unpaired) electrons. The number of imide groups is 1. The molecule has 0 aromatic heterocycles. The average Bonchev–Trinajstić information content (AvgIpc) is 3.32. The second-order valence-corrected chi connectivity index (χ2v) is 8.66. The number of nitrogens with zero attached hydrogens (tertiary/aromatic N) is 1. The van der Waals surface area contributed by atoms with Crippen LogP contribution in [0.1, 0.15) is 36.1 Å². The molecule has 1 saturated heterocycles. The van der Waals surface area contributed by atoms with Crippen LogP contribution in [0.25, 0.3) is 11.1 Å². The maximum absolute atomic E-state index is 13.2. The van der Waals surface area contributed by atoms with Crippen molar-refractivity contribution in [2.45, 2.75) is 31.3 Å². The molecule has 2 aliphatic rings. The summed E-state index contributed by atoms with van der Waals surface area (Å²) in [7, 11) is 0. The molecule has 3 aromatic rings. The molecule has 3 aromatic carbocycles. The van der Waals surface area contributed by atoms with Crippen molar-refractivity contribution >= 4 is 17.8 Å². The number of rotatable bonds is 5. The third kappa shape index (κ3) is 3.67. The van der Waals surface area contributed by atoms with E-state index in [-0.39, 0.29) is 24.4 Å². The van der Waals surface area contributed by atoms with Crippen molar-refractivity contribution < 1.29 is 14.4 Å². The highest BCUT2D eigenvalue weighted by Gasteiger charge is 2.55. The first kappa shape index (κ1) is 20.9. The van der Waals surface area contributed by atoms with Gasteiger partial charge in [-0.3, -0.25) is 14.5 Å². The molecular weight excluding hydrogens is 414 g/mol. The van der Waals surface area contributed by atoms with Crippen LogP contribution < -0.4 is 10.6 Å². The van der Waals surface area contributed by atoms with Crippen LogP contribution >= 0.6 is 0 Å². The molecule has 0 bridgehead atoms. The largest absolute Gasteiger partial charge is 0.348 e. The number of amides is 4. The zero-order chi connectivity index (χ0) is 23.0. The summed E-state index contributed by atoms with van der Waals surface area (Å²) in [5.74, 6) is -0.728. The Morgan fingerprint density at radius 1 is 0.970 bits per heavy atom. The summed E-state index contributed by atoms with van der Waals surface area (Å²) in [5, 5.41) is 5.76. The van der Waals surface area contributed by atoms with Crippen LogP contribution in [-0.4, -0.2) is 29.3 Å². The molecule has 1 aliphatic heterocycles. The van der Waals surface area contributed by atoms with Crippen LogP contribution in [0.5, 0.6) is 0 Å². The molecule has 166 valence electrons. The number of nitrogens with one attached hydrogen (secondary N) is 2. The molecule has 2 N–H and O–H groups in total. The van der Waals surface area contributed by atoms with Gasteiger partial charge in [-0.15, -0.1) is 0 Å². The standard InChI is InChI=1S/C27H25N3O3/c1-18(19-11-13-21(14-12-19)20-7-3-2-4-8-20)28-24(31)17-30-25(32)27(29-26(30)33)16-15-22-9-5-6-10-23(22)27/h2-14,18H,15-17H2,1H3,(H,28,31)(H,29,33)/t18-,27+/m1/s1. The van der Waals surface area contributed by atoms with Gasteiger partial charge in [0.15, 0.2) is 0 Å². The summed E-state index contributed by atoms with van der Waals surface area (Å²) in [5.41, 5.74) is 4.01. The van der Waals surface area contributed by atoms with Crippen LogP contribution in [0.4, 0.5) is 4.79 Å². The first-order valence-corrected chi connectivity index (χ1v) is 11.2. The molecule has 33 heavy (non-hydrogen) atoms. The van der Waals surface area contributed by atoms with Gasteiger partial charge in [-0.25, -0.2) is 4.79 Å². The molecule has 0 unspecified atom stereocenters. The van der Waals surface area contributed by atoms with Crippen LogP contribution in [-0.2, 0) is 21.5 Å². The summed E-state index contributed by atoms with van der Waals surface area (Å²) in [6, 6.07) is 24.9. The van der Waals surface area contributed by atoms with Crippen LogP contribution in [0.15, 0.2) is 78.9 Å². The highest BCUT2D eigenvalue weighted by molar-refractivity contribution is 6.09. The van der Waals surface area contributed by atoms with Gasteiger partial charge in [-0.1, -0.05) is 78.9 Å². The second kappa shape index (κ2) is 8.20. The summed E-state index contributed by atoms with van der Waals surface area (Å²) in [6.07, 6.45) is 1.23. The van der Waals surface area contributed by atoms with Gasteiger partial charge in [0.25, 0.3) is 5.91 Å². The fraction of sp³-hybridized carbons (Fsp3) is 0.222. The lowest BCUT2D eigenvalue weighted by molar-refractivity contribution is -0.135. The normalized spacial score (nSPS) is 20.0. The molecule has 4 amide bonds. The first-order valence-electron chi connectivity index (χ1n) is 11.2. The topological polar surface area (TPSA) is 78.5 Å². The van der Waals surface area contributed by atoms with Gasteiger partial charge in [0, 0.05) is 0 Å². The van der Waals surface area contributed by atoms with E-state index in [0.29, 0.717) is 6.42 Å². The molecule has 1 aliphatic carbocycles. The lowest BCUT2D eigenvalue weighted by Gasteiger charge is -2.22. The minimum absolute atomic E-state index is 0.260. The number of fused-ring (bicyclic) bond motifs is 2. The van der Waals surface area contributed by atoms with Crippen LogP contribution in [0.2, 0.25) is 0 Å². The van der Waals surface area contributed by atoms with Crippen molar-refractivity contribution in [2.75, 3.05) is 6.54 Å². The third-order valence-corrected chi connectivity index (χ3v) is 6.62. The number of carbonyl (C=O) groups excluding carboxylic acids is 3. The second-order valence-electron chi connectivity index (χ2n) is 8.66. The molecule has 1 heterocycles. The predicted octanol–water partition coefficient (Wildman–Crippen LogP) is 3.92. The Morgan fingerprint density at radius 2 is 1.64 bits per heavy atom. The van der Waals surface area contributed by atoms with Crippen molar-refractivity contribution in [3.05, 3.63) is 95.6 Å². The van der Waals surface area contributed by atoms with Gasteiger partial charge >= 0.3 is 6.03 Å². The van der Waals surface area contributed by atoms with E-state index in [2.05, 4.69) is 10.6 Å². The maximum Gasteiger partial charge on any atom is 0.325 e. The van der Waals surface area contributed by atoms with Crippen molar-refractivity contribution in [1.29, 1.82) is 0 Å². The first-order chi connectivity index (χ1) is 16.0. The molecule has 0 saturated carbocycles. The molecule has 2 atom stereocenters. The number of hydrogen-bond donors (Lipinski definition) is 2. The number of carbonyl (C=O) groups is 3. The van der Waals surface area contributed by atoms with Gasteiger partial charge < -0.3 is 10.6 Å². The zero-order valence-electron chi connectivity index (χ0n) is 18.4. The molecule has 6 heteroatoms. The van der Waals surface area contributed by atoms with E-state index in [1.807, 2.05) is 85.8 Å². The summed E-state index contributed by atoms with van der Waals surface area (Å²) < 4.78 is 0. The van der Waals surface area contributed by atoms with Gasteiger partial charge in [0.05, 0.1) is 6.04 Å². The van der Waals surface area contributed by atoms with Crippen molar-refractivity contribution in [3.8, 4) is 11.1 Å². The lowest BCUT2D eigenvalue weighted by Crippen LogP contribution is -2.44. The fourth-order valence-corrected chi connectivity index (χ4v) is 4.84. The fourth-order valence-electron chi connectivity index (χ4n) is 4.84. The lowest BCUT2D eigenvalue weighted by atomic mass is 9.92.